The van der Waals surface area contributed by atoms with Gasteiger partial charge in [0.15, 0.2) is 5.16 Å². The van der Waals surface area contributed by atoms with E-state index in [2.05, 4.69) is 9.97 Å². The van der Waals surface area contributed by atoms with Gasteiger partial charge in [-0.15, -0.1) is 0 Å². The second-order valence-corrected chi connectivity index (χ2v) is 5.11. The number of aliphatic carboxylic acids is 1. The number of aryl methyl sites for hydroxylation is 1. The van der Waals surface area contributed by atoms with E-state index in [1.165, 1.54) is 12.1 Å². The zero-order valence-corrected chi connectivity index (χ0v) is 11.8. The van der Waals surface area contributed by atoms with E-state index in [0.29, 0.717) is 22.1 Å². The van der Waals surface area contributed by atoms with Crippen LogP contribution in [-0.4, -0.2) is 31.7 Å². The molecule has 0 atom stereocenters. The lowest BCUT2D eigenvalue weighted by molar-refractivity contribution is -0.384. The van der Waals surface area contributed by atoms with Crippen molar-refractivity contribution in [1.82, 2.24) is 9.97 Å². The Labute approximate surface area is 124 Å². The highest BCUT2D eigenvalue weighted by atomic mass is 32.2. The normalized spacial score (nSPS) is 10.3. The number of carboxylic acids is 1. The van der Waals surface area contributed by atoms with Crippen molar-refractivity contribution < 1.29 is 14.8 Å². The van der Waals surface area contributed by atoms with Crippen molar-refractivity contribution in [2.45, 2.75) is 12.1 Å². The van der Waals surface area contributed by atoms with Crippen molar-refractivity contribution in [3.8, 4) is 11.3 Å². The quantitative estimate of drug-likeness (QED) is 0.391. The monoisotopic (exact) mass is 305 g/mol. The Morgan fingerprint density at radius 3 is 2.57 bits per heavy atom. The molecule has 0 aliphatic carbocycles. The Balaban J connectivity index is 2.30. The minimum atomic E-state index is -0.943. The van der Waals surface area contributed by atoms with Crippen LogP contribution in [0.25, 0.3) is 11.3 Å². The van der Waals surface area contributed by atoms with E-state index < -0.39 is 10.9 Å². The average Bonchev–Trinajstić information content (AvgIpc) is 2.44. The Bertz CT molecular complexity index is 688. The molecule has 0 saturated carbocycles. The molecule has 108 valence electrons. The first-order valence-electron chi connectivity index (χ1n) is 5.91. The Morgan fingerprint density at radius 2 is 2.00 bits per heavy atom. The van der Waals surface area contributed by atoms with Crippen LogP contribution >= 0.6 is 11.8 Å². The van der Waals surface area contributed by atoms with E-state index >= 15 is 0 Å². The van der Waals surface area contributed by atoms with Crippen LogP contribution in [0.3, 0.4) is 0 Å². The summed E-state index contributed by atoms with van der Waals surface area (Å²) in [6, 6.07) is 7.75. The fraction of sp³-hybridized carbons (Fsp3) is 0.154. The molecular weight excluding hydrogens is 294 g/mol. The van der Waals surface area contributed by atoms with E-state index in [1.807, 2.05) is 0 Å². The maximum atomic E-state index is 10.6. The molecule has 2 aromatic rings. The number of nitro benzene ring substituents is 1. The fourth-order valence-corrected chi connectivity index (χ4v) is 2.26. The number of rotatable bonds is 5. The molecule has 1 N–H and O–H groups in total. The molecule has 0 spiro atoms. The van der Waals surface area contributed by atoms with Gasteiger partial charge in [-0.25, -0.2) is 9.97 Å². The standard InChI is InChI=1S/C13H11N3O4S/c1-8-6-11(15-13(14-8)21-7-12(17)18)9-2-4-10(5-3-9)16(19)20/h2-6H,7H2,1H3,(H,17,18). The van der Waals surface area contributed by atoms with E-state index in [4.69, 9.17) is 5.11 Å². The first-order valence-corrected chi connectivity index (χ1v) is 6.89. The van der Waals surface area contributed by atoms with Gasteiger partial charge in [-0.2, -0.15) is 0 Å². The number of hydrogen-bond donors (Lipinski definition) is 1. The summed E-state index contributed by atoms with van der Waals surface area (Å²) in [7, 11) is 0. The molecule has 7 nitrogen and oxygen atoms in total. The summed E-state index contributed by atoms with van der Waals surface area (Å²) in [6.07, 6.45) is 0. The zero-order chi connectivity index (χ0) is 15.4. The molecule has 0 aliphatic rings. The molecule has 0 fully saturated rings. The number of nitro groups is 1. The molecule has 1 heterocycles. The Morgan fingerprint density at radius 1 is 1.33 bits per heavy atom. The van der Waals surface area contributed by atoms with Crippen LogP contribution in [0.2, 0.25) is 0 Å². The van der Waals surface area contributed by atoms with Crippen LogP contribution < -0.4 is 0 Å². The summed E-state index contributed by atoms with van der Waals surface area (Å²) in [5.41, 5.74) is 2.02. The third-order valence-electron chi connectivity index (χ3n) is 2.53. The van der Waals surface area contributed by atoms with Gasteiger partial charge < -0.3 is 5.11 Å². The number of carboxylic acid groups (broad SMARTS) is 1. The highest BCUT2D eigenvalue weighted by molar-refractivity contribution is 7.99. The summed E-state index contributed by atoms with van der Waals surface area (Å²) in [5, 5.41) is 19.7. The predicted molar refractivity (Wildman–Crippen MR) is 77.2 cm³/mol. The molecule has 0 saturated heterocycles. The van der Waals surface area contributed by atoms with Gasteiger partial charge in [0.25, 0.3) is 5.69 Å². The zero-order valence-electron chi connectivity index (χ0n) is 11.0. The smallest absolute Gasteiger partial charge is 0.313 e. The number of nitrogens with zero attached hydrogens (tertiary/aromatic N) is 3. The minimum absolute atomic E-state index is 0.00463. The van der Waals surface area contributed by atoms with Crippen LogP contribution in [-0.2, 0) is 4.79 Å². The van der Waals surface area contributed by atoms with Crippen LogP contribution in [0.4, 0.5) is 5.69 Å². The Hall–Kier alpha value is -2.48. The number of benzene rings is 1. The van der Waals surface area contributed by atoms with Crippen LogP contribution in [0.1, 0.15) is 5.69 Å². The summed E-state index contributed by atoms with van der Waals surface area (Å²) < 4.78 is 0. The summed E-state index contributed by atoms with van der Waals surface area (Å²) in [4.78, 5) is 29.2. The maximum Gasteiger partial charge on any atom is 0.313 e. The van der Waals surface area contributed by atoms with Gasteiger partial charge in [-0.05, 0) is 25.1 Å². The first-order chi connectivity index (χ1) is 9.95. The second kappa shape index (κ2) is 6.31. The second-order valence-electron chi connectivity index (χ2n) is 4.16. The maximum absolute atomic E-state index is 10.6. The van der Waals surface area contributed by atoms with Crippen molar-refractivity contribution in [2.75, 3.05) is 5.75 Å². The molecule has 1 aromatic carbocycles. The number of aromatic nitrogens is 2. The molecule has 0 aliphatic heterocycles. The van der Waals surface area contributed by atoms with Crippen LogP contribution in [0.15, 0.2) is 35.5 Å². The van der Waals surface area contributed by atoms with Gasteiger partial charge in [0.2, 0.25) is 0 Å². The average molecular weight is 305 g/mol. The molecule has 0 bridgehead atoms. The largest absolute Gasteiger partial charge is 0.481 e. The summed E-state index contributed by atoms with van der Waals surface area (Å²) >= 11 is 1.03. The molecule has 1 aromatic heterocycles. The molecule has 8 heteroatoms. The highest BCUT2D eigenvalue weighted by Crippen LogP contribution is 2.23. The SMILES string of the molecule is Cc1cc(-c2ccc([N+](=O)[O-])cc2)nc(SCC(=O)O)n1. The number of non-ortho nitro benzene ring substituents is 1. The summed E-state index contributed by atoms with van der Waals surface area (Å²) in [5.74, 6) is -1.06. The molecular formula is C13H11N3O4S. The van der Waals surface area contributed by atoms with Crippen molar-refractivity contribution in [1.29, 1.82) is 0 Å². The topological polar surface area (TPSA) is 106 Å². The van der Waals surface area contributed by atoms with E-state index in [9.17, 15) is 14.9 Å². The summed E-state index contributed by atoms with van der Waals surface area (Å²) in [6.45, 7) is 1.78. The lowest BCUT2D eigenvalue weighted by atomic mass is 10.1. The molecule has 2 rings (SSSR count). The fourth-order valence-electron chi connectivity index (χ4n) is 1.63. The van der Waals surface area contributed by atoms with Gasteiger partial charge in [0, 0.05) is 23.4 Å². The van der Waals surface area contributed by atoms with Crippen molar-refractivity contribution in [2.24, 2.45) is 0 Å². The third-order valence-corrected chi connectivity index (χ3v) is 3.36. The van der Waals surface area contributed by atoms with Gasteiger partial charge in [0.1, 0.15) is 0 Å². The van der Waals surface area contributed by atoms with Gasteiger partial charge in [0.05, 0.1) is 16.4 Å². The van der Waals surface area contributed by atoms with Crippen molar-refractivity contribution >= 4 is 23.4 Å². The molecule has 0 unspecified atom stereocenters. The molecule has 0 amide bonds. The van der Waals surface area contributed by atoms with Gasteiger partial charge >= 0.3 is 5.97 Å². The molecule has 0 radical (unpaired) electrons. The van der Waals surface area contributed by atoms with Gasteiger partial charge in [-0.3, -0.25) is 14.9 Å². The van der Waals surface area contributed by atoms with E-state index in [1.54, 1.807) is 25.1 Å². The van der Waals surface area contributed by atoms with Crippen molar-refractivity contribution in [3.05, 3.63) is 46.1 Å². The number of carbonyl (C=O) groups is 1. The van der Waals surface area contributed by atoms with E-state index in [0.717, 1.165) is 11.8 Å². The predicted octanol–water partition coefficient (Wildman–Crippen LogP) is 2.54. The number of thioether (sulfide) groups is 1. The molecule has 21 heavy (non-hydrogen) atoms. The lowest BCUT2D eigenvalue weighted by Crippen LogP contribution is -2.00. The van der Waals surface area contributed by atoms with Gasteiger partial charge in [-0.1, -0.05) is 11.8 Å². The Kier molecular flexibility index (Phi) is 4.49. The third kappa shape index (κ3) is 3.99. The van der Waals surface area contributed by atoms with Crippen molar-refractivity contribution in [3.63, 3.8) is 0 Å². The van der Waals surface area contributed by atoms with Crippen LogP contribution in [0, 0.1) is 17.0 Å². The van der Waals surface area contributed by atoms with E-state index in [-0.39, 0.29) is 11.4 Å². The first kappa shape index (κ1) is 14.9. The number of hydrogen-bond acceptors (Lipinski definition) is 6. The van der Waals surface area contributed by atoms with Crippen LogP contribution in [0.5, 0.6) is 0 Å². The highest BCUT2D eigenvalue weighted by Gasteiger charge is 2.09. The lowest BCUT2D eigenvalue weighted by Gasteiger charge is -2.05. The minimum Gasteiger partial charge on any atom is -0.481 e.